The fraction of sp³-hybridized carbons (Fsp3) is 0.435. The number of benzene rings is 2. The maximum absolute atomic E-state index is 5.99. The van der Waals surface area contributed by atoms with Gasteiger partial charge in [0.2, 0.25) is 0 Å². The minimum absolute atomic E-state index is 0.581. The third-order valence-corrected chi connectivity index (χ3v) is 6.98. The van der Waals surface area contributed by atoms with Crippen molar-refractivity contribution in [2.75, 3.05) is 38.2 Å². The zero-order chi connectivity index (χ0) is 20.1. The Bertz CT molecular complexity index is 890. The summed E-state index contributed by atoms with van der Waals surface area (Å²) in [6, 6.07) is 16.6. The minimum Gasteiger partial charge on any atom is -0.494 e. The van der Waals surface area contributed by atoms with Crippen LogP contribution in [0.4, 0.5) is 5.13 Å². The van der Waals surface area contributed by atoms with Crippen LogP contribution in [-0.2, 0) is 0 Å². The number of nitrogens with zero attached hydrogens (tertiary/aromatic N) is 3. The van der Waals surface area contributed by atoms with Gasteiger partial charge in [-0.15, -0.1) is 0 Å². The molecule has 2 aromatic carbocycles. The van der Waals surface area contributed by atoms with Crippen molar-refractivity contribution >= 4 is 38.3 Å². The molecule has 0 saturated carbocycles. The highest BCUT2D eigenvalue weighted by Crippen LogP contribution is 2.30. The summed E-state index contributed by atoms with van der Waals surface area (Å²) in [5, 5.41) is 1.86. The van der Waals surface area contributed by atoms with Gasteiger partial charge in [0, 0.05) is 31.2 Å². The Morgan fingerprint density at radius 1 is 1.14 bits per heavy atom. The molecular weight excluding hydrogens is 402 g/mol. The van der Waals surface area contributed by atoms with Crippen molar-refractivity contribution in [3.63, 3.8) is 0 Å². The van der Waals surface area contributed by atoms with Crippen LogP contribution in [0.25, 0.3) is 10.2 Å². The predicted molar refractivity (Wildman–Crippen MR) is 124 cm³/mol. The molecule has 0 radical (unpaired) electrons. The summed E-state index contributed by atoms with van der Waals surface area (Å²) in [7, 11) is 2.20. The summed E-state index contributed by atoms with van der Waals surface area (Å²) in [5.41, 5.74) is 1.11. The van der Waals surface area contributed by atoms with Crippen LogP contribution < -0.4 is 9.64 Å². The number of hydrogen-bond acceptors (Lipinski definition) is 5. The van der Waals surface area contributed by atoms with Crippen LogP contribution >= 0.6 is 22.9 Å². The second-order valence-electron chi connectivity index (χ2n) is 7.66. The minimum atomic E-state index is 0.581. The lowest BCUT2D eigenvalue weighted by Gasteiger charge is -2.36. The number of halogens is 1. The molecule has 0 atom stereocenters. The second kappa shape index (κ2) is 9.79. The standard InChI is InChI=1S/C23H28ClN3OS/c1-26(23-25-21-9-2-3-10-22(21)29-23)19-11-14-27(15-12-19)13-4-5-16-28-20-8-6-7-18(24)17-20/h2-3,6-10,17,19H,4-5,11-16H2,1H3. The number of hydrogen-bond donors (Lipinski definition) is 0. The van der Waals surface area contributed by atoms with E-state index >= 15 is 0 Å². The molecule has 1 saturated heterocycles. The fourth-order valence-electron chi connectivity index (χ4n) is 3.88. The maximum atomic E-state index is 5.99. The van der Waals surface area contributed by atoms with Crippen LogP contribution in [0.15, 0.2) is 48.5 Å². The normalized spacial score (nSPS) is 15.7. The van der Waals surface area contributed by atoms with Gasteiger partial charge in [0.15, 0.2) is 5.13 Å². The largest absolute Gasteiger partial charge is 0.494 e. The van der Waals surface area contributed by atoms with Gasteiger partial charge < -0.3 is 14.5 Å². The number of thiazole rings is 1. The third-order valence-electron chi connectivity index (χ3n) is 5.62. The highest BCUT2D eigenvalue weighted by molar-refractivity contribution is 7.22. The smallest absolute Gasteiger partial charge is 0.186 e. The van der Waals surface area contributed by atoms with E-state index in [1.165, 1.54) is 24.0 Å². The predicted octanol–water partition coefficient (Wildman–Crippen LogP) is 5.71. The van der Waals surface area contributed by atoms with Gasteiger partial charge in [0.05, 0.1) is 16.8 Å². The van der Waals surface area contributed by atoms with Crippen molar-refractivity contribution in [2.45, 2.75) is 31.7 Å². The van der Waals surface area contributed by atoms with Gasteiger partial charge in [-0.25, -0.2) is 4.98 Å². The number of fused-ring (bicyclic) bond motifs is 1. The van der Waals surface area contributed by atoms with E-state index in [1.54, 1.807) is 11.3 Å². The first-order valence-corrected chi connectivity index (χ1v) is 11.6. The van der Waals surface area contributed by atoms with E-state index in [9.17, 15) is 0 Å². The van der Waals surface area contributed by atoms with Crippen molar-refractivity contribution in [1.82, 2.24) is 9.88 Å². The summed E-state index contributed by atoms with van der Waals surface area (Å²) in [6.07, 6.45) is 4.63. The van der Waals surface area contributed by atoms with Crippen LogP contribution in [0, 0.1) is 0 Å². The molecule has 4 nitrogen and oxygen atoms in total. The van der Waals surface area contributed by atoms with Gasteiger partial charge in [-0.1, -0.05) is 41.1 Å². The first-order valence-electron chi connectivity index (χ1n) is 10.4. The second-order valence-corrected chi connectivity index (χ2v) is 9.11. The number of anilines is 1. The zero-order valence-corrected chi connectivity index (χ0v) is 18.5. The van der Waals surface area contributed by atoms with Crippen molar-refractivity contribution in [1.29, 1.82) is 0 Å². The van der Waals surface area contributed by atoms with Gasteiger partial charge in [-0.05, 0) is 62.6 Å². The molecule has 1 aliphatic rings. The van der Waals surface area contributed by atoms with E-state index in [4.69, 9.17) is 21.3 Å². The van der Waals surface area contributed by atoms with E-state index in [0.717, 1.165) is 54.1 Å². The monoisotopic (exact) mass is 429 g/mol. The first kappa shape index (κ1) is 20.5. The molecule has 0 spiro atoms. The van der Waals surface area contributed by atoms with Crippen molar-refractivity contribution in [3.8, 4) is 5.75 Å². The Hall–Kier alpha value is -1.82. The van der Waals surface area contributed by atoms with Gasteiger partial charge in [0.1, 0.15) is 5.75 Å². The van der Waals surface area contributed by atoms with Crippen LogP contribution in [0.1, 0.15) is 25.7 Å². The summed E-state index contributed by atoms with van der Waals surface area (Å²) in [4.78, 5) is 9.79. The number of aromatic nitrogens is 1. The summed E-state index contributed by atoms with van der Waals surface area (Å²) >= 11 is 7.78. The average Bonchev–Trinajstić information content (AvgIpc) is 3.18. The van der Waals surface area contributed by atoms with Crippen LogP contribution in [0.2, 0.25) is 5.02 Å². The molecule has 6 heteroatoms. The molecule has 3 aromatic rings. The van der Waals surface area contributed by atoms with Crippen LogP contribution in [0.3, 0.4) is 0 Å². The number of piperidine rings is 1. The molecular formula is C23H28ClN3OS. The average molecular weight is 430 g/mol. The quantitative estimate of drug-likeness (QED) is 0.429. The Labute approximate surface area is 182 Å². The van der Waals surface area contributed by atoms with Crippen molar-refractivity contribution in [3.05, 3.63) is 53.6 Å². The number of rotatable bonds is 8. The first-order chi connectivity index (χ1) is 14.2. The zero-order valence-electron chi connectivity index (χ0n) is 16.9. The molecule has 0 bridgehead atoms. The molecule has 29 heavy (non-hydrogen) atoms. The lowest BCUT2D eigenvalue weighted by molar-refractivity contribution is 0.201. The number of para-hydroxylation sites is 1. The van der Waals surface area contributed by atoms with E-state index in [-0.39, 0.29) is 0 Å². The lowest BCUT2D eigenvalue weighted by Crippen LogP contribution is -2.43. The van der Waals surface area contributed by atoms with E-state index in [2.05, 4.69) is 41.1 Å². The molecule has 1 aliphatic heterocycles. The van der Waals surface area contributed by atoms with Gasteiger partial charge >= 0.3 is 0 Å². The van der Waals surface area contributed by atoms with Crippen molar-refractivity contribution < 1.29 is 4.74 Å². The van der Waals surface area contributed by atoms with E-state index < -0.39 is 0 Å². The molecule has 0 amide bonds. The van der Waals surface area contributed by atoms with Crippen LogP contribution in [-0.4, -0.2) is 49.2 Å². The summed E-state index contributed by atoms with van der Waals surface area (Å²) in [6.45, 7) is 4.22. The van der Waals surface area contributed by atoms with Gasteiger partial charge in [-0.2, -0.15) is 0 Å². The molecule has 0 aliphatic carbocycles. The Kier molecular flexibility index (Phi) is 6.90. The number of unbranched alkanes of at least 4 members (excludes halogenated alkanes) is 1. The molecule has 0 N–H and O–H groups in total. The van der Waals surface area contributed by atoms with E-state index in [1.807, 2.05) is 24.3 Å². The molecule has 4 rings (SSSR count). The number of ether oxygens (including phenoxy) is 1. The molecule has 154 valence electrons. The van der Waals surface area contributed by atoms with Gasteiger partial charge in [0.25, 0.3) is 0 Å². The summed E-state index contributed by atoms with van der Waals surface area (Å²) < 4.78 is 7.05. The SMILES string of the molecule is CN(c1nc2ccccc2s1)C1CCN(CCCCOc2cccc(Cl)c2)CC1. The molecule has 1 aromatic heterocycles. The third kappa shape index (κ3) is 5.41. The topological polar surface area (TPSA) is 28.6 Å². The Morgan fingerprint density at radius 2 is 1.97 bits per heavy atom. The summed E-state index contributed by atoms with van der Waals surface area (Å²) in [5.74, 6) is 0.858. The number of likely N-dealkylation sites (tertiary alicyclic amines) is 1. The fourth-order valence-corrected chi connectivity index (χ4v) is 5.06. The lowest BCUT2D eigenvalue weighted by atomic mass is 10.0. The Balaban J connectivity index is 1.16. The molecule has 2 heterocycles. The molecule has 0 unspecified atom stereocenters. The van der Waals surface area contributed by atoms with Gasteiger partial charge in [-0.3, -0.25) is 0 Å². The van der Waals surface area contributed by atoms with E-state index in [0.29, 0.717) is 6.04 Å². The van der Waals surface area contributed by atoms with Crippen molar-refractivity contribution in [2.24, 2.45) is 0 Å². The Morgan fingerprint density at radius 3 is 2.76 bits per heavy atom. The van der Waals surface area contributed by atoms with Crippen LogP contribution in [0.5, 0.6) is 5.75 Å². The maximum Gasteiger partial charge on any atom is 0.186 e. The molecule has 1 fully saturated rings. The highest BCUT2D eigenvalue weighted by atomic mass is 35.5. The highest BCUT2D eigenvalue weighted by Gasteiger charge is 2.24.